The van der Waals surface area contributed by atoms with Crippen LogP contribution in [0.2, 0.25) is 0 Å². The number of benzene rings is 3. The number of nitrogens with one attached hydrogen (secondary N) is 1. The number of nitrogens with zero attached hydrogens (tertiary/aromatic N) is 3. The Kier molecular flexibility index (Phi) is 14.2. The highest BCUT2D eigenvalue weighted by atomic mass is 16.7. The third-order valence-corrected chi connectivity index (χ3v) is 8.33. The maximum Gasteiger partial charge on any atom is 0.410 e. The number of carbonyl (C=O) groups excluding carboxylic acids is 4. The lowest BCUT2D eigenvalue weighted by molar-refractivity contribution is -0.192. The molecule has 2 heterocycles. The molecule has 2 aliphatic rings. The van der Waals surface area contributed by atoms with Crippen molar-refractivity contribution in [3.05, 3.63) is 108 Å². The minimum absolute atomic E-state index is 0.0240. The predicted molar refractivity (Wildman–Crippen MR) is 199 cm³/mol. The number of hydrogen-bond acceptors (Lipinski definition) is 7. The summed E-state index contributed by atoms with van der Waals surface area (Å²) >= 11 is 0. The van der Waals surface area contributed by atoms with E-state index in [4.69, 9.17) is 14.3 Å². The molecule has 52 heavy (non-hydrogen) atoms. The van der Waals surface area contributed by atoms with Crippen molar-refractivity contribution >= 4 is 24.0 Å². The summed E-state index contributed by atoms with van der Waals surface area (Å²) < 4.78 is 11.1. The first-order chi connectivity index (χ1) is 24.7. The van der Waals surface area contributed by atoms with Gasteiger partial charge >= 0.3 is 12.2 Å². The van der Waals surface area contributed by atoms with E-state index in [1.165, 1.54) is 5.06 Å². The zero-order valence-electron chi connectivity index (χ0n) is 31.4. The molecule has 280 valence electrons. The highest BCUT2D eigenvalue weighted by molar-refractivity contribution is 5.78. The zero-order chi connectivity index (χ0) is 37.7. The van der Waals surface area contributed by atoms with Crippen molar-refractivity contribution in [1.82, 2.24) is 20.2 Å². The Morgan fingerprint density at radius 2 is 1.10 bits per heavy atom. The van der Waals surface area contributed by atoms with Gasteiger partial charge in [-0.3, -0.25) is 14.4 Å². The molecule has 3 aromatic carbocycles. The van der Waals surface area contributed by atoms with Gasteiger partial charge in [-0.1, -0.05) is 91.0 Å². The predicted octanol–water partition coefficient (Wildman–Crippen LogP) is 6.55. The summed E-state index contributed by atoms with van der Waals surface area (Å²) in [5.74, 6) is -0.154. The van der Waals surface area contributed by atoms with Crippen molar-refractivity contribution in [3.8, 4) is 0 Å². The first kappa shape index (κ1) is 39.9. The van der Waals surface area contributed by atoms with E-state index in [1.807, 2.05) is 133 Å². The largest absolute Gasteiger partial charge is 0.444 e. The number of carbonyl (C=O) groups is 4. The van der Waals surface area contributed by atoms with Gasteiger partial charge in [-0.05, 0) is 71.1 Å². The quantitative estimate of drug-likeness (QED) is 0.295. The van der Waals surface area contributed by atoms with Gasteiger partial charge in [-0.25, -0.2) is 14.7 Å². The lowest BCUT2D eigenvalue weighted by atomic mass is 10.0. The summed E-state index contributed by atoms with van der Waals surface area (Å²) in [4.78, 5) is 58.9. The van der Waals surface area contributed by atoms with Crippen LogP contribution < -0.4 is 5.32 Å². The summed E-state index contributed by atoms with van der Waals surface area (Å²) in [5.41, 5.74) is 2.07. The highest BCUT2D eigenvalue weighted by Crippen LogP contribution is 2.21. The molecule has 11 heteroatoms. The molecule has 2 saturated heterocycles. The molecule has 0 spiro atoms. The fraction of sp³-hybridized carbons (Fsp3) is 0.463. The van der Waals surface area contributed by atoms with E-state index >= 15 is 0 Å². The monoisotopic (exact) mass is 714 g/mol. The second-order valence-corrected chi connectivity index (χ2v) is 15.1. The minimum atomic E-state index is -0.603. The Morgan fingerprint density at radius 3 is 1.60 bits per heavy atom. The number of amides is 4. The number of hydroxylamine groups is 2. The average molecular weight is 715 g/mol. The van der Waals surface area contributed by atoms with Crippen LogP contribution in [0.15, 0.2) is 91.0 Å². The molecular formula is C41H54N4O7. The molecule has 0 radical (unpaired) electrons. The fourth-order valence-electron chi connectivity index (χ4n) is 5.85. The SMILES string of the molecule is CC(C)(C)OC(=O)N1CCC(=O)N(OCc2ccccc2)C[C@H]1Cc1ccccc1.CC(C)(C)OC(=O)N1CCC(=O)NC[C@H]1Cc1ccccc1. The van der Waals surface area contributed by atoms with E-state index in [0.717, 1.165) is 16.7 Å². The molecule has 5 rings (SSSR count). The van der Waals surface area contributed by atoms with Crippen LogP contribution in [0.1, 0.15) is 71.1 Å². The van der Waals surface area contributed by atoms with Crippen LogP contribution >= 0.6 is 0 Å². The van der Waals surface area contributed by atoms with E-state index in [-0.39, 0.29) is 36.4 Å². The second kappa shape index (κ2) is 18.5. The molecule has 3 aromatic rings. The molecule has 4 amide bonds. The van der Waals surface area contributed by atoms with Crippen molar-refractivity contribution in [2.75, 3.05) is 26.2 Å². The molecule has 0 unspecified atom stereocenters. The first-order valence-corrected chi connectivity index (χ1v) is 18.0. The van der Waals surface area contributed by atoms with Crippen molar-refractivity contribution < 1.29 is 33.5 Å². The standard InChI is InChI=1S/C24H30N2O4.C17H24N2O3/c1-24(2,3)30-23(28)25-15-14-22(27)26(29-18-20-12-8-5-9-13-20)17-21(25)16-19-10-6-4-7-11-19;1-17(2,3)22-16(21)19-10-9-15(20)18-12-14(19)11-13-7-5-4-6-8-13/h4-13,21H,14-18H2,1-3H3;4-8,14H,9-12H2,1-3H3,(H,18,20)/t21-;14-/m11/s1. The summed E-state index contributed by atoms with van der Waals surface area (Å²) in [5, 5.41) is 4.28. The molecule has 2 aliphatic heterocycles. The third kappa shape index (κ3) is 13.3. The molecule has 1 N–H and O–H groups in total. The summed E-state index contributed by atoms with van der Waals surface area (Å²) in [6.45, 7) is 12.8. The fourth-order valence-corrected chi connectivity index (χ4v) is 5.85. The maximum absolute atomic E-state index is 12.9. The number of rotatable bonds is 7. The first-order valence-electron chi connectivity index (χ1n) is 18.0. The maximum atomic E-state index is 12.9. The van der Waals surface area contributed by atoms with Crippen molar-refractivity contribution in [2.24, 2.45) is 0 Å². The van der Waals surface area contributed by atoms with Crippen molar-refractivity contribution in [3.63, 3.8) is 0 Å². The van der Waals surface area contributed by atoms with Gasteiger partial charge in [0.1, 0.15) is 17.8 Å². The van der Waals surface area contributed by atoms with Crippen LogP contribution in [0.25, 0.3) is 0 Å². The second-order valence-electron chi connectivity index (χ2n) is 15.1. The molecule has 0 aromatic heterocycles. The summed E-state index contributed by atoms with van der Waals surface area (Å²) in [6.07, 6.45) is 1.05. The van der Waals surface area contributed by atoms with Gasteiger partial charge in [0.15, 0.2) is 0 Å². The Bertz CT molecular complexity index is 1590. The summed E-state index contributed by atoms with van der Waals surface area (Å²) in [6, 6.07) is 29.3. The normalized spacial score (nSPS) is 18.3. The Morgan fingerprint density at radius 1 is 0.654 bits per heavy atom. The highest BCUT2D eigenvalue weighted by Gasteiger charge is 2.35. The van der Waals surface area contributed by atoms with Gasteiger partial charge in [0.2, 0.25) is 11.8 Å². The van der Waals surface area contributed by atoms with Crippen LogP contribution in [0.4, 0.5) is 9.59 Å². The van der Waals surface area contributed by atoms with Crippen LogP contribution in [0, 0.1) is 0 Å². The van der Waals surface area contributed by atoms with Crippen molar-refractivity contribution in [2.45, 2.75) is 97.1 Å². The van der Waals surface area contributed by atoms with Gasteiger partial charge in [0.25, 0.3) is 0 Å². The smallest absolute Gasteiger partial charge is 0.410 e. The van der Waals surface area contributed by atoms with Gasteiger partial charge in [0, 0.05) is 32.5 Å². The minimum Gasteiger partial charge on any atom is -0.444 e. The Hall–Kier alpha value is -4.90. The topological polar surface area (TPSA) is 118 Å². The van der Waals surface area contributed by atoms with Crippen molar-refractivity contribution in [1.29, 1.82) is 0 Å². The molecule has 0 aliphatic carbocycles. The molecular weight excluding hydrogens is 660 g/mol. The molecule has 11 nitrogen and oxygen atoms in total. The van der Waals surface area contributed by atoms with Crippen LogP contribution in [-0.2, 0) is 43.3 Å². The molecule has 2 fully saturated rings. The van der Waals surface area contributed by atoms with E-state index in [2.05, 4.69) is 5.32 Å². The van der Waals surface area contributed by atoms with E-state index < -0.39 is 17.3 Å². The Balaban J connectivity index is 0.000000244. The van der Waals surface area contributed by atoms with E-state index in [9.17, 15) is 19.2 Å². The molecule has 2 atom stereocenters. The lowest BCUT2D eigenvalue weighted by Gasteiger charge is -2.33. The van der Waals surface area contributed by atoms with Crippen LogP contribution in [-0.4, -0.2) is 88.3 Å². The van der Waals surface area contributed by atoms with E-state index in [1.54, 1.807) is 9.80 Å². The third-order valence-electron chi connectivity index (χ3n) is 8.33. The number of ether oxygens (including phenoxy) is 2. The average Bonchev–Trinajstić information content (AvgIpc) is 3.36. The van der Waals surface area contributed by atoms with Gasteiger partial charge in [0.05, 0.1) is 18.6 Å². The van der Waals surface area contributed by atoms with Crippen LogP contribution in [0.3, 0.4) is 0 Å². The van der Waals surface area contributed by atoms with Gasteiger partial charge in [-0.15, -0.1) is 0 Å². The Labute approximate surface area is 308 Å². The van der Waals surface area contributed by atoms with Gasteiger partial charge in [-0.2, -0.15) is 0 Å². The molecule has 0 bridgehead atoms. The zero-order valence-corrected chi connectivity index (χ0v) is 31.4. The lowest BCUT2D eigenvalue weighted by Crippen LogP contribution is -2.47. The number of hydrogen-bond donors (Lipinski definition) is 1. The summed E-state index contributed by atoms with van der Waals surface area (Å²) in [7, 11) is 0. The van der Waals surface area contributed by atoms with Crippen LogP contribution in [0.5, 0.6) is 0 Å². The molecule has 0 saturated carbocycles. The van der Waals surface area contributed by atoms with Gasteiger partial charge < -0.3 is 24.6 Å². The van der Waals surface area contributed by atoms with E-state index in [0.29, 0.717) is 52.0 Å².